The summed E-state index contributed by atoms with van der Waals surface area (Å²) >= 11 is 0. The molecule has 128 valence electrons. The topological polar surface area (TPSA) is 65.0 Å². The number of ketones is 1. The summed E-state index contributed by atoms with van der Waals surface area (Å²) in [5.74, 6) is 1.24. The Labute approximate surface area is 141 Å². The van der Waals surface area contributed by atoms with Crippen LogP contribution in [0.15, 0.2) is 42.5 Å². The minimum absolute atomic E-state index is 0.135. The molecule has 2 aromatic rings. The number of phenolic OH excluding ortho intramolecular Hbond substituents is 1. The first-order chi connectivity index (χ1) is 11.6. The van der Waals surface area contributed by atoms with Crippen LogP contribution in [0.3, 0.4) is 0 Å². The smallest absolute Gasteiger partial charge is 0.167 e. The summed E-state index contributed by atoms with van der Waals surface area (Å²) in [6, 6.07) is 12.6. The number of benzene rings is 2. The predicted molar refractivity (Wildman–Crippen MR) is 91.3 cm³/mol. The summed E-state index contributed by atoms with van der Waals surface area (Å²) in [5.41, 5.74) is 0.177. The van der Waals surface area contributed by atoms with Crippen molar-refractivity contribution in [3.63, 3.8) is 0 Å². The zero-order chi connectivity index (χ0) is 17.4. The Morgan fingerprint density at radius 2 is 1.67 bits per heavy atom. The minimum atomic E-state index is -0.252. The van der Waals surface area contributed by atoms with E-state index < -0.39 is 0 Å². The molecule has 0 radical (unpaired) electrons. The van der Waals surface area contributed by atoms with Crippen LogP contribution >= 0.6 is 0 Å². The van der Waals surface area contributed by atoms with E-state index in [0.717, 1.165) is 18.6 Å². The SMILES string of the molecule is COc1cc(O)c(C(C)=O)c(OCCCCOc2ccccc2)c1. The molecule has 2 aromatic carbocycles. The lowest BCUT2D eigenvalue weighted by Crippen LogP contribution is -2.06. The quantitative estimate of drug-likeness (QED) is 0.559. The second kappa shape index (κ2) is 8.82. The van der Waals surface area contributed by atoms with Gasteiger partial charge in [0.25, 0.3) is 0 Å². The van der Waals surface area contributed by atoms with Gasteiger partial charge in [-0.1, -0.05) is 18.2 Å². The monoisotopic (exact) mass is 330 g/mol. The maximum absolute atomic E-state index is 11.7. The van der Waals surface area contributed by atoms with E-state index >= 15 is 0 Å². The molecule has 0 aliphatic carbocycles. The zero-order valence-electron chi connectivity index (χ0n) is 14.0. The summed E-state index contributed by atoms with van der Waals surface area (Å²) in [7, 11) is 1.49. The van der Waals surface area contributed by atoms with E-state index in [1.54, 1.807) is 6.07 Å². The summed E-state index contributed by atoms with van der Waals surface area (Å²) in [6.45, 7) is 2.41. The zero-order valence-corrected chi connectivity index (χ0v) is 14.0. The van der Waals surface area contributed by atoms with Gasteiger partial charge in [-0.05, 0) is 31.9 Å². The van der Waals surface area contributed by atoms with Crippen molar-refractivity contribution in [1.29, 1.82) is 0 Å². The predicted octanol–water partition coefficient (Wildman–Crippen LogP) is 3.84. The van der Waals surface area contributed by atoms with Crippen LogP contribution in [0.4, 0.5) is 0 Å². The van der Waals surface area contributed by atoms with Crippen molar-refractivity contribution in [2.24, 2.45) is 0 Å². The largest absolute Gasteiger partial charge is 0.507 e. The fourth-order valence-electron chi connectivity index (χ4n) is 2.25. The number of methoxy groups -OCH3 is 1. The number of carbonyl (C=O) groups excluding carboxylic acids is 1. The molecule has 5 heteroatoms. The lowest BCUT2D eigenvalue weighted by molar-refractivity contribution is 0.101. The average Bonchev–Trinajstić information content (AvgIpc) is 2.58. The molecule has 0 unspecified atom stereocenters. The molecule has 0 aliphatic heterocycles. The molecule has 0 saturated heterocycles. The maximum Gasteiger partial charge on any atom is 0.167 e. The van der Waals surface area contributed by atoms with Crippen LogP contribution in [0.1, 0.15) is 30.1 Å². The first kappa shape index (κ1) is 17.7. The van der Waals surface area contributed by atoms with Gasteiger partial charge in [0.2, 0.25) is 0 Å². The van der Waals surface area contributed by atoms with E-state index in [4.69, 9.17) is 14.2 Å². The fourth-order valence-corrected chi connectivity index (χ4v) is 2.25. The second-order valence-corrected chi connectivity index (χ2v) is 5.29. The second-order valence-electron chi connectivity index (χ2n) is 5.29. The Morgan fingerprint density at radius 3 is 2.29 bits per heavy atom. The van der Waals surface area contributed by atoms with Gasteiger partial charge < -0.3 is 19.3 Å². The van der Waals surface area contributed by atoms with E-state index in [0.29, 0.717) is 24.7 Å². The van der Waals surface area contributed by atoms with Crippen LogP contribution in [0.5, 0.6) is 23.0 Å². The van der Waals surface area contributed by atoms with Crippen molar-refractivity contribution in [3.05, 3.63) is 48.0 Å². The van der Waals surface area contributed by atoms with Gasteiger partial charge >= 0.3 is 0 Å². The van der Waals surface area contributed by atoms with Crippen molar-refractivity contribution in [1.82, 2.24) is 0 Å². The third-order valence-corrected chi connectivity index (χ3v) is 3.45. The van der Waals surface area contributed by atoms with Gasteiger partial charge in [-0.25, -0.2) is 0 Å². The van der Waals surface area contributed by atoms with E-state index in [1.807, 2.05) is 30.3 Å². The Balaban J connectivity index is 1.83. The highest BCUT2D eigenvalue weighted by Gasteiger charge is 2.16. The normalized spacial score (nSPS) is 10.2. The number of phenols is 1. The highest BCUT2D eigenvalue weighted by molar-refractivity contribution is 5.99. The maximum atomic E-state index is 11.7. The lowest BCUT2D eigenvalue weighted by Gasteiger charge is -2.13. The number of unbranched alkanes of at least 4 members (excludes halogenated alkanes) is 1. The standard InChI is InChI=1S/C19H22O5/c1-14(20)19-17(21)12-16(22-2)13-18(19)24-11-7-6-10-23-15-8-4-3-5-9-15/h3-5,8-9,12-13,21H,6-7,10-11H2,1-2H3. The molecule has 0 aromatic heterocycles. The number of hydrogen-bond acceptors (Lipinski definition) is 5. The molecule has 0 saturated carbocycles. The summed E-state index contributed by atoms with van der Waals surface area (Å²) in [5, 5.41) is 9.94. The molecule has 0 spiro atoms. The van der Waals surface area contributed by atoms with Crippen LogP contribution in [-0.2, 0) is 0 Å². The third kappa shape index (κ3) is 4.91. The van der Waals surface area contributed by atoms with Gasteiger partial charge in [0.05, 0.1) is 20.3 Å². The van der Waals surface area contributed by atoms with Gasteiger partial charge in [-0.2, -0.15) is 0 Å². The molecule has 2 rings (SSSR count). The van der Waals surface area contributed by atoms with E-state index in [2.05, 4.69) is 0 Å². The van der Waals surface area contributed by atoms with Crippen LogP contribution < -0.4 is 14.2 Å². The summed E-state index contributed by atoms with van der Waals surface area (Å²) < 4.78 is 16.4. The fraction of sp³-hybridized carbons (Fsp3) is 0.316. The molecule has 0 bridgehead atoms. The molecule has 1 N–H and O–H groups in total. The Morgan fingerprint density at radius 1 is 1.00 bits per heavy atom. The summed E-state index contributed by atoms with van der Waals surface area (Å²) in [6.07, 6.45) is 1.59. The number of Topliss-reactive ketones (excluding diaryl/α,β-unsaturated/α-hetero) is 1. The molecule has 0 amide bonds. The molecule has 0 fully saturated rings. The average molecular weight is 330 g/mol. The molecule has 0 atom stereocenters. The highest BCUT2D eigenvalue weighted by atomic mass is 16.5. The van der Waals surface area contributed by atoms with Crippen molar-refractivity contribution in [3.8, 4) is 23.0 Å². The first-order valence-electron chi connectivity index (χ1n) is 7.84. The Hall–Kier alpha value is -2.69. The molecule has 24 heavy (non-hydrogen) atoms. The van der Waals surface area contributed by atoms with Crippen molar-refractivity contribution in [2.45, 2.75) is 19.8 Å². The van der Waals surface area contributed by atoms with Crippen molar-refractivity contribution >= 4 is 5.78 Å². The minimum Gasteiger partial charge on any atom is -0.507 e. The Kier molecular flexibility index (Phi) is 6.49. The molecule has 5 nitrogen and oxygen atoms in total. The van der Waals surface area contributed by atoms with E-state index in [9.17, 15) is 9.90 Å². The van der Waals surface area contributed by atoms with Gasteiger partial charge in [0, 0.05) is 12.1 Å². The van der Waals surface area contributed by atoms with Gasteiger partial charge in [-0.3, -0.25) is 4.79 Å². The van der Waals surface area contributed by atoms with Gasteiger partial charge in [-0.15, -0.1) is 0 Å². The van der Waals surface area contributed by atoms with E-state index in [1.165, 1.54) is 20.1 Å². The van der Waals surface area contributed by atoms with Crippen LogP contribution in [-0.4, -0.2) is 31.2 Å². The number of aromatic hydroxyl groups is 1. The summed E-state index contributed by atoms with van der Waals surface area (Å²) in [4.78, 5) is 11.7. The van der Waals surface area contributed by atoms with Crippen molar-refractivity contribution < 1.29 is 24.1 Å². The number of para-hydroxylation sites is 1. The van der Waals surface area contributed by atoms with Crippen molar-refractivity contribution in [2.75, 3.05) is 20.3 Å². The number of ether oxygens (including phenoxy) is 3. The Bertz CT molecular complexity index is 667. The van der Waals surface area contributed by atoms with Crippen LogP contribution in [0, 0.1) is 0 Å². The molecular formula is C19H22O5. The number of carbonyl (C=O) groups is 1. The lowest BCUT2D eigenvalue weighted by atomic mass is 10.1. The van der Waals surface area contributed by atoms with E-state index in [-0.39, 0.29) is 17.1 Å². The third-order valence-electron chi connectivity index (χ3n) is 3.45. The van der Waals surface area contributed by atoms with Crippen LogP contribution in [0.2, 0.25) is 0 Å². The highest BCUT2D eigenvalue weighted by Crippen LogP contribution is 2.33. The molecular weight excluding hydrogens is 308 g/mol. The van der Waals surface area contributed by atoms with Gasteiger partial charge in [0.15, 0.2) is 5.78 Å². The van der Waals surface area contributed by atoms with Crippen LogP contribution in [0.25, 0.3) is 0 Å². The molecule has 0 heterocycles. The number of hydrogen-bond donors (Lipinski definition) is 1. The van der Waals surface area contributed by atoms with Gasteiger partial charge in [0.1, 0.15) is 28.6 Å². The first-order valence-corrected chi connectivity index (χ1v) is 7.84. The number of rotatable bonds is 9. The molecule has 0 aliphatic rings.